The Hall–Kier alpha value is -1.13. The van der Waals surface area contributed by atoms with Crippen molar-refractivity contribution in [2.45, 2.75) is 0 Å². The quantitative estimate of drug-likeness (QED) is 0.526. The van der Waals surface area contributed by atoms with E-state index in [0.29, 0.717) is 13.2 Å². The third kappa shape index (κ3) is 2.86. The van der Waals surface area contributed by atoms with Crippen LogP contribution in [0.1, 0.15) is 0 Å². The standard InChI is InChI=1S/C8H11FN2O/c9-7-1-3-8(4-2-7)11-5-6-12-10/h1-4,11H,5-6,10H2. The van der Waals surface area contributed by atoms with Crippen LogP contribution in [0.15, 0.2) is 24.3 Å². The van der Waals surface area contributed by atoms with Crippen LogP contribution < -0.4 is 11.2 Å². The van der Waals surface area contributed by atoms with Gasteiger partial charge >= 0.3 is 0 Å². The third-order valence-electron chi connectivity index (χ3n) is 1.39. The molecule has 4 heteroatoms. The summed E-state index contributed by atoms with van der Waals surface area (Å²) in [5.74, 6) is 4.58. The molecule has 12 heavy (non-hydrogen) atoms. The SMILES string of the molecule is NOCCNc1ccc(F)cc1. The van der Waals surface area contributed by atoms with Gasteiger partial charge in [-0.1, -0.05) is 0 Å². The van der Waals surface area contributed by atoms with E-state index < -0.39 is 0 Å². The average molecular weight is 170 g/mol. The molecular weight excluding hydrogens is 159 g/mol. The van der Waals surface area contributed by atoms with Crippen LogP contribution in [0.25, 0.3) is 0 Å². The van der Waals surface area contributed by atoms with Gasteiger partial charge in [-0.15, -0.1) is 0 Å². The van der Waals surface area contributed by atoms with Gasteiger partial charge in [0.1, 0.15) is 5.82 Å². The summed E-state index contributed by atoms with van der Waals surface area (Å²) in [6.45, 7) is 1.04. The van der Waals surface area contributed by atoms with Crippen LogP contribution in [0.3, 0.4) is 0 Å². The number of halogens is 1. The fraction of sp³-hybridized carbons (Fsp3) is 0.250. The van der Waals surface area contributed by atoms with Crippen molar-refractivity contribution >= 4 is 5.69 Å². The number of nitrogens with one attached hydrogen (secondary N) is 1. The second-order valence-electron chi connectivity index (χ2n) is 2.30. The second kappa shape index (κ2) is 4.69. The van der Waals surface area contributed by atoms with E-state index in [0.717, 1.165) is 5.69 Å². The number of hydrogen-bond acceptors (Lipinski definition) is 3. The van der Waals surface area contributed by atoms with Crippen molar-refractivity contribution in [2.24, 2.45) is 5.90 Å². The maximum atomic E-state index is 12.4. The maximum absolute atomic E-state index is 12.4. The highest BCUT2D eigenvalue weighted by molar-refractivity contribution is 5.42. The summed E-state index contributed by atoms with van der Waals surface area (Å²) < 4.78 is 12.4. The van der Waals surface area contributed by atoms with Gasteiger partial charge in [-0.05, 0) is 24.3 Å². The highest BCUT2D eigenvalue weighted by Crippen LogP contribution is 2.06. The highest BCUT2D eigenvalue weighted by Gasteiger charge is 1.91. The minimum absolute atomic E-state index is 0.240. The summed E-state index contributed by atoms with van der Waals surface area (Å²) in [7, 11) is 0. The highest BCUT2D eigenvalue weighted by atomic mass is 19.1. The number of anilines is 1. The molecule has 0 amide bonds. The molecule has 0 fully saturated rings. The summed E-state index contributed by atoms with van der Waals surface area (Å²) in [4.78, 5) is 4.35. The van der Waals surface area contributed by atoms with Gasteiger partial charge in [-0.25, -0.2) is 10.3 Å². The van der Waals surface area contributed by atoms with Crippen LogP contribution in [0, 0.1) is 5.82 Å². The molecule has 0 saturated carbocycles. The van der Waals surface area contributed by atoms with E-state index in [-0.39, 0.29) is 5.82 Å². The summed E-state index contributed by atoms with van der Waals surface area (Å²) in [6.07, 6.45) is 0. The average Bonchev–Trinajstić information content (AvgIpc) is 2.09. The van der Waals surface area contributed by atoms with Gasteiger partial charge in [0.2, 0.25) is 0 Å². The summed E-state index contributed by atoms with van der Waals surface area (Å²) in [6, 6.07) is 6.11. The normalized spacial score (nSPS) is 9.83. The van der Waals surface area contributed by atoms with E-state index in [4.69, 9.17) is 5.90 Å². The molecule has 0 aliphatic rings. The fourth-order valence-electron chi connectivity index (χ4n) is 0.822. The molecule has 0 atom stereocenters. The van der Waals surface area contributed by atoms with Crippen LogP contribution in [-0.4, -0.2) is 13.2 Å². The molecule has 0 aromatic heterocycles. The summed E-state index contributed by atoms with van der Waals surface area (Å²) in [5, 5.41) is 3.00. The second-order valence-corrected chi connectivity index (χ2v) is 2.30. The summed E-state index contributed by atoms with van der Waals surface area (Å²) >= 11 is 0. The van der Waals surface area contributed by atoms with Crippen LogP contribution in [0.4, 0.5) is 10.1 Å². The lowest BCUT2D eigenvalue weighted by Gasteiger charge is -2.03. The Balaban J connectivity index is 2.37. The Morgan fingerprint density at radius 3 is 2.58 bits per heavy atom. The molecule has 0 bridgehead atoms. The lowest BCUT2D eigenvalue weighted by molar-refractivity contribution is 0.148. The van der Waals surface area contributed by atoms with Crippen molar-refractivity contribution in [3.8, 4) is 0 Å². The first-order chi connectivity index (χ1) is 5.83. The van der Waals surface area contributed by atoms with Crippen molar-refractivity contribution in [2.75, 3.05) is 18.5 Å². The van der Waals surface area contributed by atoms with Gasteiger partial charge in [0.25, 0.3) is 0 Å². The first-order valence-corrected chi connectivity index (χ1v) is 3.64. The van der Waals surface area contributed by atoms with Crippen LogP contribution >= 0.6 is 0 Å². The minimum atomic E-state index is -0.240. The Kier molecular flexibility index (Phi) is 3.50. The molecule has 0 unspecified atom stereocenters. The van der Waals surface area contributed by atoms with Gasteiger partial charge < -0.3 is 10.2 Å². The van der Waals surface area contributed by atoms with Crippen molar-refractivity contribution in [3.63, 3.8) is 0 Å². The number of rotatable bonds is 4. The lowest BCUT2D eigenvalue weighted by Crippen LogP contribution is -2.12. The van der Waals surface area contributed by atoms with E-state index in [1.807, 2.05) is 0 Å². The van der Waals surface area contributed by atoms with Gasteiger partial charge in [0.05, 0.1) is 6.61 Å². The van der Waals surface area contributed by atoms with Crippen molar-refractivity contribution < 1.29 is 9.23 Å². The fourth-order valence-corrected chi connectivity index (χ4v) is 0.822. The van der Waals surface area contributed by atoms with Crippen molar-refractivity contribution in [1.82, 2.24) is 0 Å². The van der Waals surface area contributed by atoms with Gasteiger partial charge in [-0.3, -0.25) is 0 Å². The molecule has 1 aromatic rings. The van der Waals surface area contributed by atoms with E-state index in [2.05, 4.69) is 10.2 Å². The molecule has 1 rings (SSSR count). The maximum Gasteiger partial charge on any atom is 0.123 e. The van der Waals surface area contributed by atoms with E-state index in [1.54, 1.807) is 12.1 Å². The molecule has 0 aliphatic carbocycles. The molecule has 0 radical (unpaired) electrons. The molecule has 1 aromatic carbocycles. The molecule has 0 heterocycles. The smallest absolute Gasteiger partial charge is 0.123 e. The molecule has 66 valence electrons. The zero-order valence-electron chi connectivity index (χ0n) is 6.59. The lowest BCUT2D eigenvalue weighted by atomic mass is 10.3. The van der Waals surface area contributed by atoms with Crippen LogP contribution in [-0.2, 0) is 4.84 Å². The molecule has 0 aliphatic heterocycles. The molecular formula is C8H11FN2O. The predicted molar refractivity (Wildman–Crippen MR) is 45.0 cm³/mol. The third-order valence-corrected chi connectivity index (χ3v) is 1.39. The molecule has 3 nitrogen and oxygen atoms in total. The Bertz CT molecular complexity index is 225. The van der Waals surface area contributed by atoms with Crippen molar-refractivity contribution in [1.29, 1.82) is 0 Å². The van der Waals surface area contributed by atoms with Gasteiger partial charge in [-0.2, -0.15) is 0 Å². The Morgan fingerprint density at radius 2 is 2.00 bits per heavy atom. The molecule has 3 N–H and O–H groups in total. The van der Waals surface area contributed by atoms with E-state index in [1.165, 1.54) is 12.1 Å². The largest absolute Gasteiger partial charge is 0.383 e. The number of benzene rings is 1. The molecule has 0 spiro atoms. The topological polar surface area (TPSA) is 47.3 Å². The first-order valence-electron chi connectivity index (χ1n) is 3.64. The summed E-state index contributed by atoms with van der Waals surface area (Å²) in [5.41, 5.74) is 0.855. The Morgan fingerprint density at radius 1 is 1.33 bits per heavy atom. The Labute approximate surface area is 70.3 Å². The van der Waals surface area contributed by atoms with Crippen molar-refractivity contribution in [3.05, 3.63) is 30.1 Å². The van der Waals surface area contributed by atoms with E-state index in [9.17, 15) is 4.39 Å². The molecule has 0 saturated heterocycles. The van der Waals surface area contributed by atoms with E-state index >= 15 is 0 Å². The van der Waals surface area contributed by atoms with Gasteiger partial charge in [0, 0.05) is 12.2 Å². The number of hydrogen-bond donors (Lipinski definition) is 2. The monoisotopic (exact) mass is 170 g/mol. The van der Waals surface area contributed by atoms with Gasteiger partial charge in [0.15, 0.2) is 0 Å². The zero-order valence-corrected chi connectivity index (χ0v) is 6.59. The zero-order chi connectivity index (χ0) is 8.81. The van der Waals surface area contributed by atoms with Crippen LogP contribution in [0.5, 0.6) is 0 Å². The first kappa shape index (κ1) is 8.96. The predicted octanol–water partition coefficient (Wildman–Crippen LogP) is 1.13. The number of nitrogens with two attached hydrogens (primary N) is 1. The van der Waals surface area contributed by atoms with Crippen LogP contribution in [0.2, 0.25) is 0 Å². The minimum Gasteiger partial charge on any atom is -0.383 e.